The number of ether oxygens (including phenoxy) is 2. The second-order valence-corrected chi connectivity index (χ2v) is 6.85. The first kappa shape index (κ1) is 15.5. The molecule has 0 radical (unpaired) electrons. The zero-order valence-electron chi connectivity index (χ0n) is 14.3. The fourth-order valence-electron chi connectivity index (χ4n) is 3.40. The molecule has 2 aromatic rings. The molecule has 0 aliphatic carbocycles. The Bertz CT molecular complexity index is 843. The quantitative estimate of drug-likeness (QED) is 0.801. The second kappa shape index (κ2) is 5.79. The molecule has 2 aliphatic rings. The summed E-state index contributed by atoms with van der Waals surface area (Å²) in [6.07, 6.45) is 0.844. The Morgan fingerprint density at radius 1 is 1.21 bits per heavy atom. The van der Waals surface area contributed by atoms with Gasteiger partial charge < -0.3 is 18.8 Å². The van der Waals surface area contributed by atoms with Crippen LogP contribution in [0.5, 0.6) is 11.5 Å². The number of nitrogens with zero attached hydrogens (tertiary/aromatic N) is 2. The summed E-state index contributed by atoms with van der Waals surface area (Å²) in [6.45, 7) is 4.93. The van der Waals surface area contributed by atoms with Gasteiger partial charge in [-0.15, -0.1) is 0 Å². The molecule has 0 N–H and O–H groups in total. The van der Waals surface area contributed by atoms with Crippen LogP contribution in [0.4, 0.5) is 0 Å². The van der Waals surface area contributed by atoms with E-state index < -0.39 is 0 Å². The topological polar surface area (TPSA) is 55.2 Å². The van der Waals surface area contributed by atoms with Gasteiger partial charge in [-0.25, -0.2) is 4.79 Å². The lowest BCUT2D eigenvalue weighted by Gasteiger charge is -2.32. The zero-order chi connectivity index (χ0) is 16.8. The van der Waals surface area contributed by atoms with Crippen molar-refractivity contribution in [2.75, 3.05) is 34.0 Å². The van der Waals surface area contributed by atoms with Crippen LogP contribution in [0.25, 0.3) is 11.0 Å². The van der Waals surface area contributed by atoms with E-state index in [0.29, 0.717) is 23.9 Å². The highest BCUT2D eigenvalue weighted by Crippen LogP contribution is 2.38. The van der Waals surface area contributed by atoms with Crippen molar-refractivity contribution in [3.63, 3.8) is 0 Å². The normalized spacial score (nSPS) is 18.2. The smallest absolute Gasteiger partial charge is 0.341 e. The summed E-state index contributed by atoms with van der Waals surface area (Å²) in [5.41, 5.74) is 2.21. The summed E-state index contributed by atoms with van der Waals surface area (Å²) in [5, 5.41) is 0.967. The Labute approximate surface area is 140 Å². The van der Waals surface area contributed by atoms with Crippen molar-refractivity contribution in [2.24, 2.45) is 0 Å². The van der Waals surface area contributed by atoms with E-state index in [2.05, 4.69) is 30.8 Å². The average Bonchev–Trinajstić information content (AvgIpc) is 3.00. The second-order valence-electron chi connectivity index (χ2n) is 6.85. The van der Waals surface area contributed by atoms with Crippen molar-refractivity contribution in [1.82, 2.24) is 9.80 Å². The molecule has 128 valence electrons. The van der Waals surface area contributed by atoms with Gasteiger partial charge in [0.15, 0.2) is 11.5 Å². The molecule has 1 aromatic carbocycles. The number of likely N-dealkylation sites (N-methyl/N-ethyl adjacent to an activating group) is 1. The van der Waals surface area contributed by atoms with E-state index in [1.807, 2.05) is 6.07 Å². The van der Waals surface area contributed by atoms with Crippen molar-refractivity contribution < 1.29 is 13.9 Å². The van der Waals surface area contributed by atoms with Gasteiger partial charge in [-0.3, -0.25) is 4.90 Å². The average molecular weight is 330 g/mol. The largest absolute Gasteiger partial charge is 0.454 e. The summed E-state index contributed by atoms with van der Waals surface area (Å²) in [6, 6.07) is 4.14. The minimum absolute atomic E-state index is 0.217. The van der Waals surface area contributed by atoms with Gasteiger partial charge in [0.2, 0.25) is 6.79 Å². The third-order valence-electron chi connectivity index (χ3n) is 5.08. The number of benzene rings is 1. The lowest BCUT2D eigenvalue weighted by molar-refractivity contribution is 0.174. The van der Waals surface area contributed by atoms with Crippen LogP contribution < -0.4 is 15.1 Å². The molecule has 3 heterocycles. The predicted molar refractivity (Wildman–Crippen MR) is 90.7 cm³/mol. The molecule has 0 spiro atoms. The third kappa shape index (κ3) is 2.56. The molecule has 6 heteroatoms. The fourth-order valence-corrected chi connectivity index (χ4v) is 3.40. The zero-order valence-corrected chi connectivity index (χ0v) is 14.3. The number of rotatable bonds is 3. The predicted octanol–water partition coefficient (Wildman–Crippen LogP) is 1.83. The first-order valence-corrected chi connectivity index (χ1v) is 8.30. The van der Waals surface area contributed by atoms with E-state index in [0.717, 1.165) is 41.8 Å². The van der Waals surface area contributed by atoms with E-state index in [1.54, 1.807) is 6.07 Å². The lowest BCUT2D eigenvalue weighted by atomic mass is 9.97. The molecule has 0 saturated heterocycles. The van der Waals surface area contributed by atoms with E-state index >= 15 is 0 Å². The standard InChI is InChI=1S/C18H22N2O4/c1-11(19(2)3)8-20-5-4-12-13-6-16-17(23-10-22-16)7-15(13)24-18(21)14(12)9-20/h6-7,11H,4-5,8-10H2,1-3H3. The summed E-state index contributed by atoms with van der Waals surface area (Å²) < 4.78 is 16.4. The molecule has 24 heavy (non-hydrogen) atoms. The summed E-state index contributed by atoms with van der Waals surface area (Å²) in [7, 11) is 4.15. The van der Waals surface area contributed by atoms with E-state index in [9.17, 15) is 4.79 Å². The van der Waals surface area contributed by atoms with Crippen LogP contribution >= 0.6 is 0 Å². The molecule has 1 aromatic heterocycles. The van der Waals surface area contributed by atoms with Crippen LogP contribution in [0.2, 0.25) is 0 Å². The molecule has 0 amide bonds. The van der Waals surface area contributed by atoms with Crippen LogP contribution in [-0.4, -0.2) is 49.8 Å². The molecule has 0 fully saturated rings. The van der Waals surface area contributed by atoms with Gasteiger partial charge in [0.05, 0.1) is 5.56 Å². The summed E-state index contributed by atoms with van der Waals surface area (Å²) in [4.78, 5) is 17.0. The Hall–Kier alpha value is -2.05. The van der Waals surface area contributed by atoms with Gasteiger partial charge in [-0.05, 0) is 39.1 Å². The third-order valence-corrected chi connectivity index (χ3v) is 5.08. The highest BCUT2D eigenvalue weighted by molar-refractivity contribution is 5.85. The first-order chi connectivity index (χ1) is 11.5. The van der Waals surface area contributed by atoms with Gasteiger partial charge in [0.25, 0.3) is 0 Å². The van der Waals surface area contributed by atoms with Crippen molar-refractivity contribution in [3.05, 3.63) is 33.7 Å². The maximum atomic E-state index is 12.5. The van der Waals surface area contributed by atoms with Gasteiger partial charge in [-0.1, -0.05) is 0 Å². The molecule has 1 unspecified atom stereocenters. The Kier molecular flexibility index (Phi) is 3.73. The van der Waals surface area contributed by atoms with Crippen LogP contribution in [0, 0.1) is 0 Å². The van der Waals surface area contributed by atoms with Gasteiger partial charge in [0, 0.05) is 37.1 Å². The minimum atomic E-state index is -0.237. The maximum absolute atomic E-state index is 12.5. The SMILES string of the molecule is CC(CN1CCc2c(c(=O)oc3cc4c(cc23)OCO4)C1)N(C)C. The Morgan fingerprint density at radius 3 is 2.71 bits per heavy atom. The van der Waals surface area contributed by atoms with Gasteiger partial charge in [0.1, 0.15) is 5.58 Å². The van der Waals surface area contributed by atoms with Crippen LogP contribution in [-0.2, 0) is 13.0 Å². The van der Waals surface area contributed by atoms with E-state index in [4.69, 9.17) is 13.9 Å². The lowest BCUT2D eigenvalue weighted by Crippen LogP contribution is -2.42. The van der Waals surface area contributed by atoms with E-state index in [1.165, 1.54) is 0 Å². The molecule has 4 rings (SSSR count). The monoisotopic (exact) mass is 330 g/mol. The van der Waals surface area contributed by atoms with Crippen molar-refractivity contribution in [3.8, 4) is 11.5 Å². The summed E-state index contributed by atoms with van der Waals surface area (Å²) in [5.74, 6) is 1.37. The number of fused-ring (bicyclic) bond motifs is 4. The Balaban J connectivity index is 1.71. The van der Waals surface area contributed by atoms with Gasteiger partial charge in [-0.2, -0.15) is 0 Å². The first-order valence-electron chi connectivity index (χ1n) is 8.30. The fraction of sp³-hybridized carbons (Fsp3) is 0.500. The summed E-state index contributed by atoms with van der Waals surface area (Å²) >= 11 is 0. The molecular weight excluding hydrogens is 308 g/mol. The molecule has 2 aliphatic heterocycles. The van der Waals surface area contributed by atoms with Crippen molar-refractivity contribution in [2.45, 2.75) is 25.9 Å². The van der Waals surface area contributed by atoms with Crippen LogP contribution in [0.3, 0.4) is 0 Å². The minimum Gasteiger partial charge on any atom is -0.454 e. The van der Waals surface area contributed by atoms with Gasteiger partial charge >= 0.3 is 5.63 Å². The molecular formula is C18H22N2O4. The highest BCUT2D eigenvalue weighted by Gasteiger charge is 2.26. The number of hydrogen-bond acceptors (Lipinski definition) is 6. The maximum Gasteiger partial charge on any atom is 0.341 e. The number of hydrogen-bond donors (Lipinski definition) is 0. The van der Waals surface area contributed by atoms with Crippen LogP contribution in [0.1, 0.15) is 18.1 Å². The molecule has 1 atom stereocenters. The Morgan fingerprint density at radius 2 is 1.96 bits per heavy atom. The van der Waals surface area contributed by atoms with Crippen molar-refractivity contribution >= 4 is 11.0 Å². The molecule has 0 bridgehead atoms. The molecule has 6 nitrogen and oxygen atoms in total. The molecule has 0 saturated carbocycles. The van der Waals surface area contributed by atoms with Crippen molar-refractivity contribution in [1.29, 1.82) is 0 Å². The van der Waals surface area contributed by atoms with E-state index in [-0.39, 0.29) is 12.4 Å². The highest BCUT2D eigenvalue weighted by atomic mass is 16.7. The van der Waals surface area contributed by atoms with Crippen LogP contribution in [0.15, 0.2) is 21.3 Å².